The molecular formula is C52H65Cl2F3SiZr. The Hall–Kier alpha value is -2.17. The molecule has 2 atom stereocenters. The summed E-state index contributed by atoms with van der Waals surface area (Å²) < 4.78 is 47.9. The largest absolute Gasteiger partial charge is 0.147 e. The zero-order chi connectivity index (χ0) is 39.8. The Morgan fingerprint density at radius 3 is 1.29 bits per heavy atom. The molecule has 4 aliphatic rings. The molecule has 0 nitrogen and oxygen atoms in total. The van der Waals surface area contributed by atoms with Crippen molar-refractivity contribution in [3.05, 3.63) is 129 Å². The van der Waals surface area contributed by atoms with Crippen molar-refractivity contribution in [2.75, 3.05) is 0 Å². The molecule has 4 aromatic rings. The van der Waals surface area contributed by atoms with Gasteiger partial charge < -0.3 is 0 Å². The van der Waals surface area contributed by atoms with E-state index in [9.17, 15) is 13.2 Å². The molecule has 4 aromatic carbocycles. The number of alkyl halides is 3. The number of hydrogen-bond donors (Lipinski definition) is 0. The van der Waals surface area contributed by atoms with Crippen molar-refractivity contribution in [2.24, 2.45) is 11.8 Å². The van der Waals surface area contributed by atoms with E-state index in [4.69, 9.17) is 0 Å². The fourth-order valence-electron chi connectivity index (χ4n) is 12.0. The van der Waals surface area contributed by atoms with E-state index in [1.807, 2.05) is 0 Å². The van der Waals surface area contributed by atoms with Crippen molar-refractivity contribution < 1.29 is 30.6 Å². The summed E-state index contributed by atoms with van der Waals surface area (Å²) >= 11 is -4.81. The molecule has 4 aliphatic carbocycles. The van der Waals surface area contributed by atoms with Crippen LogP contribution in [0.5, 0.6) is 0 Å². The fourth-order valence-corrected chi connectivity index (χ4v) is 35.7. The van der Waals surface area contributed by atoms with Crippen LogP contribution in [-0.2, 0) is 17.4 Å². The molecule has 0 heterocycles. The molecular weight excluding hydrogens is 872 g/mol. The van der Waals surface area contributed by atoms with Crippen LogP contribution in [0.4, 0.5) is 13.2 Å². The van der Waals surface area contributed by atoms with Gasteiger partial charge in [0.1, 0.15) is 0 Å². The van der Waals surface area contributed by atoms with Crippen LogP contribution in [0.3, 0.4) is 0 Å². The zero-order valence-corrected chi connectivity index (χ0v) is 41.0. The van der Waals surface area contributed by atoms with Crippen molar-refractivity contribution in [3.8, 4) is 22.3 Å². The summed E-state index contributed by atoms with van der Waals surface area (Å²) in [5, 5.41) is 0. The number of fused-ring (bicyclic) bond motifs is 2. The number of allylic oxidation sites excluding steroid dienone is 2. The van der Waals surface area contributed by atoms with Gasteiger partial charge in [-0.2, -0.15) is 0 Å². The van der Waals surface area contributed by atoms with Crippen LogP contribution < -0.4 is 0 Å². The minimum atomic E-state index is -4.81. The molecule has 8 rings (SSSR count). The molecule has 2 unspecified atom stereocenters. The van der Waals surface area contributed by atoms with Crippen LogP contribution in [0.1, 0.15) is 137 Å². The topological polar surface area (TPSA) is 0 Å². The van der Waals surface area contributed by atoms with Gasteiger partial charge in [0.05, 0.1) is 0 Å². The smallest absolute Gasteiger partial charge is 0.147 e. The van der Waals surface area contributed by atoms with E-state index < -0.39 is 30.0 Å². The molecule has 0 amide bonds. The average molecular weight is 937 g/mol. The minimum Gasteiger partial charge on any atom is -0.147 e. The van der Waals surface area contributed by atoms with Gasteiger partial charge in [0.2, 0.25) is 0 Å². The van der Waals surface area contributed by atoms with Crippen molar-refractivity contribution in [1.29, 1.82) is 0 Å². The van der Waals surface area contributed by atoms with Crippen molar-refractivity contribution >= 4 is 43.8 Å². The second-order valence-electron chi connectivity index (χ2n) is 19.4. The van der Waals surface area contributed by atoms with Gasteiger partial charge >= 0.3 is 345 Å². The Morgan fingerprint density at radius 2 is 0.932 bits per heavy atom. The maximum Gasteiger partial charge on any atom is -0.147 e. The molecule has 0 aromatic heterocycles. The Labute approximate surface area is 367 Å². The normalized spacial score (nSPS) is 20.3. The number of hydrogen-bond acceptors (Lipinski definition) is 0. The average Bonchev–Trinajstić information content (AvgIpc) is 3.50. The Bertz CT molecular complexity index is 2060. The Balaban J connectivity index is 0.00000293. The summed E-state index contributed by atoms with van der Waals surface area (Å²) in [5.74, 6) is 1.18. The van der Waals surface area contributed by atoms with E-state index in [1.165, 1.54) is 144 Å². The summed E-state index contributed by atoms with van der Waals surface area (Å²) in [6, 6.07) is 31.3. The molecule has 0 aliphatic heterocycles. The first-order valence-corrected chi connectivity index (χ1v) is 35.3. The summed E-state index contributed by atoms with van der Waals surface area (Å²) in [6.45, 7) is 6.43. The molecule has 2 fully saturated rings. The summed E-state index contributed by atoms with van der Waals surface area (Å²) in [7, 11) is 0. The van der Waals surface area contributed by atoms with E-state index >= 15 is 0 Å². The first-order valence-electron chi connectivity index (χ1n) is 22.3. The van der Waals surface area contributed by atoms with Gasteiger partial charge in [0.25, 0.3) is 0 Å². The number of benzene rings is 4. The first-order chi connectivity index (χ1) is 27.4. The third-order valence-corrected chi connectivity index (χ3v) is 37.8. The van der Waals surface area contributed by atoms with Gasteiger partial charge in [-0.05, 0) is 0 Å². The van der Waals surface area contributed by atoms with Gasteiger partial charge in [0, 0.05) is 0 Å². The van der Waals surface area contributed by atoms with Crippen molar-refractivity contribution in [3.63, 3.8) is 0 Å². The quantitative estimate of drug-likeness (QED) is 0.110. The molecule has 316 valence electrons. The first kappa shape index (κ1) is 46.3. The van der Waals surface area contributed by atoms with Crippen LogP contribution in [0.15, 0.2) is 96.1 Å². The SMILES string of the molecule is Cc1ccc(-c2cccc3c2C=C(CC2CCCCCC2)[CH]3[Zr]([CH3])(=[SiH2])([CH2]CC(F)(F)F)[CH]2C(CC3CCCCCC3)=Cc3c(-c4ccc(C)cc4)cccc32)cc1.Cl.Cl. The van der Waals surface area contributed by atoms with E-state index in [2.05, 4.69) is 122 Å². The number of rotatable bonds is 10. The van der Waals surface area contributed by atoms with E-state index in [-0.39, 0.29) is 36.2 Å². The van der Waals surface area contributed by atoms with Crippen molar-refractivity contribution in [2.45, 2.75) is 132 Å². The number of halogens is 5. The van der Waals surface area contributed by atoms with Crippen LogP contribution in [-0.4, -0.2) is 13.1 Å². The standard InChI is InChI=1S/2C24H27.C3H4F3.CH3.2ClH.H2Si.Zr/c2*1-18-11-13-21(14-12-18)23-10-6-9-22-16-20(17-24(22)23)15-19-7-4-2-3-5-8-19;1-2-3(4,5)6;;;;;/h2*6,9-14,16-17,19H,2-5,7-8,15H2,1H3;1-2H2;1H3;2*1H;1H2;. The monoisotopic (exact) mass is 934 g/mol. The molecule has 0 N–H and O–H groups in total. The Morgan fingerprint density at radius 1 is 0.559 bits per heavy atom. The maximum absolute atomic E-state index is 15.0. The summed E-state index contributed by atoms with van der Waals surface area (Å²) in [6.07, 6.45) is 17.3. The second-order valence-corrected chi connectivity index (χ2v) is 47.8. The Kier molecular flexibility index (Phi) is 15.0. The summed E-state index contributed by atoms with van der Waals surface area (Å²) in [4.78, 5) is 0. The maximum atomic E-state index is 15.0. The van der Waals surface area contributed by atoms with E-state index in [0.29, 0.717) is 11.8 Å². The molecule has 0 radical (unpaired) electrons. The molecule has 0 spiro atoms. The van der Waals surface area contributed by atoms with Gasteiger partial charge in [-0.25, -0.2) is 0 Å². The molecule has 0 saturated heterocycles. The fraction of sp³-hybridized carbons (Fsp3) is 0.462. The minimum absolute atomic E-state index is 0. The van der Waals surface area contributed by atoms with E-state index in [0.717, 1.165) is 12.8 Å². The van der Waals surface area contributed by atoms with Crippen LogP contribution in [0, 0.1) is 25.7 Å². The zero-order valence-electron chi connectivity index (χ0n) is 35.5. The van der Waals surface area contributed by atoms with Crippen LogP contribution >= 0.6 is 24.8 Å². The second kappa shape index (κ2) is 19.1. The third-order valence-electron chi connectivity index (χ3n) is 14.9. The predicted octanol–water partition coefficient (Wildman–Crippen LogP) is 16.4. The molecule has 2 saturated carbocycles. The van der Waals surface area contributed by atoms with Gasteiger partial charge in [0.15, 0.2) is 0 Å². The molecule has 7 heteroatoms. The van der Waals surface area contributed by atoms with Crippen molar-refractivity contribution in [1.82, 2.24) is 0 Å². The predicted molar refractivity (Wildman–Crippen MR) is 251 cm³/mol. The molecule has 59 heavy (non-hydrogen) atoms. The van der Waals surface area contributed by atoms with Gasteiger partial charge in [-0.1, -0.05) is 0 Å². The van der Waals surface area contributed by atoms with E-state index in [1.54, 1.807) is 0 Å². The van der Waals surface area contributed by atoms with Gasteiger partial charge in [-0.15, -0.1) is 24.8 Å². The van der Waals surface area contributed by atoms with Crippen LogP contribution in [0.2, 0.25) is 8.76 Å². The summed E-state index contributed by atoms with van der Waals surface area (Å²) in [5.41, 5.74) is 15.4. The molecule has 0 bridgehead atoms. The van der Waals surface area contributed by atoms with Crippen LogP contribution in [0.25, 0.3) is 34.4 Å². The number of aryl methyl sites for hydroxylation is 2. The third kappa shape index (κ3) is 9.90. The van der Waals surface area contributed by atoms with Gasteiger partial charge in [-0.3, -0.25) is 0 Å².